The molecule has 1 heterocycles. The molecular weight excluding hydrogens is 238 g/mol. The first-order valence-corrected chi connectivity index (χ1v) is 7.19. The molecule has 0 amide bonds. The molecule has 1 fully saturated rings. The third kappa shape index (κ3) is 3.55. The summed E-state index contributed by atoms with van der Waals surface area (Å²) in [5.41, 5.74) is 1.16. The van der Waals surface area contributed by atoms with E-state index >= 15 is 0 Å². The summed E-state index contributed by atoms with van der Waals surface area (Å²) in [5.74, 6) is 0.748. The van der Waals surface area contributed by atoms with Crippen LogP contribution in [0.1, 0.15) is 38.7 Å². The number of nitrogens with zero attached hydrogens (tertiary/aromatic N) is 1. The lowest BCUT2D eigenvalue weighted by Gasteiger charge is -2.36. The highest BCUT2D eigenvalue weighted by Crippen LogP contribution is 2.39. The third-order valence-electron chi connectivity index (χ3n) is 4.50. The minimum absolute atomic E-state index is 0.185. The van der Waals surface area contributed by atoms with Crippen LogP contribution in [-0.2, 0) is 11.2 Å². The van der Waals surface area contributed by atoms with E-state index in [1.54, 1.807) is 6.20 Å². The van der Waals surface area contributed by atoms with E-state index in [0.29, 0.717) is 11.8 Å². The monoisotopic (exact) mass is 261 g/mol. The van der Waals surface area contributed by atoms with Gasteiger partial charge in [-0.3, -0.25) is 9.78 Å². The fourth-order valence-corrected chi connectivity index (χ4v) is 3.28. The number of carboxylic acid groups (broad SMARTS) is 1. The summed E-state index contributed by atoms with van der Waals surface area (Å²) in [7, 11) is 0. The highest BCUT2D eigenvalue weighted by Gasteiger charge is 2.35. The van der Waals surface area contributed by atoms with E-state index in [4.69, 9.17) is 0 Å². The molecule has 1 N–H and O–H groups in total. The van der Waals surface area contributed by atoms with Crippen molar-refractivity contribution in [1.82, 2.24) is 4.98 Å². The van der Waals surface area contributed by atoms with Crippen molar-refractivity contribution in [1.29, 1.82) is 0 Å². The second kappa shape index (κ2) is 6.18. The Morgan fingerprint density at radius 3 is 2.84 bits per heavy atom. The van der Waals surface area contributed by atoms with E-state index in [1.165, 1.54) is 0 Å². The first-order valence-electron chi connectivity index (χ1n) is 7.19. The molecule has 3 heteroatoms. The molecule has 1 aromatic heterocycles. The van der Waals surface area contributed by atoms with Crippen LogP contribution in [0.3, 0.4) is 0 Å². The number of hydrogen-bond donors (Lipinski definition) is 1. The quantitative estimate of drug-likeness (QED) is 0.903. The number of pyridine rings is 1. The molecule has 0 spiro atoms. The Kier molecular flexibility index (Phi) is 4.56. The fraction of sp³-hybridized carbons (Fsp3) is 0.625. The van der Waals surface area contributed by atoms with Gasteiger partial charge >= 0.3 is 5.97 Å². The minimum atomic E-state index is -0.629. The lowest BCUT2D eigenvalue weighted by molar-refractivity contribution is -0.145. The molecule has 0 bridgehead atoms. The molecule has 0 aliphatic heterocycles. The highest BCUT2D eigenvalue weighted by atomic mass is 16.4. The largest absolute Gasteiger partial charge is 0.481 e. The molecule has 2 rings (SSSR count). The van der Waals surface area contributed by atoms with Crippen molar-refractivity contribution in [3.05, 3.63) is 30.1 Å². The van der Waals surface area contributed by atoms with Crippen molar-refractivity contribution in [2.24, 2.45) is 23.7 Å². The van der Waals surface area contributed by atoms with Crippen LogP contribution in [-0.4, -0.2) is 16.1 Å². The van der Waals surface area contributed by atoms with E-state index in [0.717, 1.165) is 31.2 Å². The van der Waals surface area contributed by atoms with Gasteiger partial charge in [0.15, 0.2) is 0 Å². The Labute approximate surface area is 115 Å². The number of rotatable bonds is 4. The van der Waals surface area contributed by atoms with Gasteiger partial charge in [0.2, 0.25) is 0 Å². The minimum Gasteiger partial charge on any atom is -0.481 e. The van der Waals surface area contributed by atoms with Crippen LogP contribution in [0.2, 0.25) is 0 Å². The second-order valence-electron chi connectivity index (χ2n) is 6.09. The molecule has 0 saturated heterocycles. The van der Waals surface area contributed by atoms with Gasteiger partial charge in [0, 0.05) is 12.4 Å². The molecule has 104 valence electrons. The summed E-state index contributed by atoms with van der Waals surface area (Å²) in [5, 5.41) is 9.40. The maximum absolute atomic E-state index is 11.4. The van der Waals surface area contributed by atoms with E-state index in [2.05, 4.69) is 18.8 Å². The zero-order chi connectivity index (χ0) is 13.8. The van der Waals surface area contributed by atoms with Crippen LogP contribution in [0.25, 0.3) is 0 Å². The summed E-state index contributed by atoms with van der Waals surface area (Å²) in [6.07, 6.45) is 7.37. The first kappa shape index (κ1) is 14.0. The van der Waals surface area contributed by atoms with Gasteiger partial charge in [-0.2, -0.15) is 0 Å². The molecule has 3 unspecified atom stereocenters. The van der Waals surface area contributed by atoms with Crippen LogP contribution >= 0.6 is 0 Å². The molecule has 3 nitrogen and oxygen atoms in total. The Morgan fingerprint density at radius 2 is 2.26 bits per heavy atom. The van der Waals surface area contributed by atoms with E-state index in [-0.39, 0.29) is 11.8 Å². The molecule has 0 aromatic carbocycles. The van der Waals surface area contributed by atoms with Crippen molar-refractivity contribution in [3.8, 4) is 0 Å². The summed E-state index contributed by atoms with van der Waals surface area (Å²) in [6.45, 7) is 4.49. The van der Waals surface area contributed by atoms with Crippen molar-refractivity contribution in [2.75, 3.05) is 0 Å². The number of aromatic nitrogens is 1. The maximum Gasteiger partial charge on any atom is 0.306 e. The van der Waals surface area contributed by atoms with Gasteiger partial charge in [-0.25, -0.2) is 0 Å². The lowest BCUT2D eigenvalue weighted by Crippen LogP contribution is -2.33. The highest BCUT2D eigenvalue weighted by molar-refractivity contribution is 5.70. The predicted molar refractivity (Wildman–Crippen MR) is 74.7 cm³/mol. The zero-order valence-electron chi connectivity index (χ0n) is 11.7. The zero-order valence-corrected chi connectivity index (χ0v) is 11.7. The molecule has 1 aliphatic carbocycles. The Hall–Kier alpha value is -1.38. The molecule has 0 radical (unpaired) electrons. The Bertz CT molecular complexity index is 416. The van der Waals surface area contributed by atoms with E-state index < -0.39 is 5.97 Å². The number of aliphatic carboxylic acids is 1. The third-order valence-corrected chi connectivity index (χ3v) is 4.50. The van der Waals surface area contributed by atoms with Gasteiger partial charge in [-0.05, 0) is 55.1 Å². The molecular formula is C16H23NO2. The standard InChI is InChI=1S/C16H23NO2/c1-11(2)13-5-6-15(16(18)19)14(9-13)8-12-4-3-7-17-10-12/h3-4,7,10-11,13-15H,5-6,8-9H2,1-2H3,(H,18,19). The van der Waals surface area contributed by atoms with Crippen LogP contribution in [0, 0.1) is 23.7 Å². The van der Waals surface area contributed by atoms with Crippen LogP contribution in [0.4, 0.5) is 0 Å². The summed E-state index contributed by atoms with van der Waals surface area (Å²) in [6, 6.07) is 3.97. The molecule has 1 aromatic rings. The van der Waals surface area contributed by atoms with Gasteiger partial charge in [0.1, 0.15) is 0 Å². The molecule has 1 saturated carbocycles. The summed E-state index contributed by atoms with van der Waals surface area (Å²) in [4.78, 5) is 15.5. The average molecular weight is 261 g/mol. The fourth-order valence-electron chi connectivity index (χ4n) is 3.28. The smallest absolute Gasteiger partial charge is 0.306 e. The topological polar surface area (TPSA) is 50.2 Å². The van der Waals surface area contributed by atoms with Gasteiger partial charge in [-0.1, -0.05) is 19.9 Å². The maximum atomic E-state index is 11.4. The van der Waals surface area contributed by atoms with Gasteiger partial charge in [0.25, 0.3) is 0 Å². The normalized spacial score (nSPS) is 27.4. The van der Waals surface area contributed by atoms with Gasteiger partial charge in [-0.15, -0.1) is 0 Å². The van der Waals surface area contributed by atoms with Crippen LogP contribution in [0.15, 0.2) is 24.5 Å². The van der Waals surface area contributed by atoms with E-state index in [1.807, 2.05) is 18.3 Å². The summed E-state index contributed by atoms with van der Waals surface area (Å²) >= 11 is 0. The molecule has 1 aliphatic rings. The van der Waals surface area contributed by atoms with Crippen molar-refractivity contribution >= 4 is 5.97 Å². The average Bonchev–Trinajstić information content (AvgIpc) is 2.39. The second-order valence-corrected chi connectivity index (χ2v) is 6.09. The van der Waals surface area contributed by atoms with Gasteiger partial charge < -0.3 is 5.11 Å². The number of carbonyl (C=O) groups is 1. The van der Waals surface area contributed by atoms with Crippen molar-refractivity contribution < 1.29 is 9.90 Å². The lowest BCUT2D eigenvalue weighted by atomic mass is 9.69. The number of carboxylic acids is 1. The SMILES string of the molecule is CC(C)C1CCC(C(=O)O)C(Cc2cccnc2)C1. The predicted octanol–water partition coefficient (Wildman–Crippen LogP) is 3.40. The van der Waals surface area contributed by atoms with Crippen molar-refractivity contribution in [2.45, 2.75) is 39.5 Å². The number of hydrogen-bond acceptors (Lipinski definition) is 2. The van der Waals surface area contributed by atoms with Crippen LogP contribution in [0.5, 0.6) is 0 Å². The van der Waals surface area contributed by atoms with E-state index in [9.17, 15) is 9.90 Å². The molecule has 19 heavy (non-hydrogen) atoms. The summed E-state index contributed by atoms with van der Waals surface area (Å²) < 4.78 is 0. The molecule has 3 atom stereocenters. The van der Waals surface area contributed by atoms with Crippen LogP contribution < -0.4 is 0 Å². The Morgan fingerprint density at radius 1 is 1.47 bits per heavy atom. The van der Waals surface area contributed by atoms with Crippen molar-refractivity contribution in [3.63, 3.8) is 0 Å². The van der Waals surface area contributed by atoms with Gasteiger partial charge in [0.05, 0.1) is 5.92 Å². The Balaban J connectivity index is 2.09. The first-order chi connectivity index (χ1) is 9.08.